The van der Waals surface area contributed by atoms with E-state index < -0.39 is 23.4 Å². The minimum Gasteiger partial charge on any atom is -0.376 e. The molecule has 0 bridgehead atoms. The van der Waals surface area contributed by atoms with Crippen LogP contribution in [0.25, 0.3) is 0 Å². The molecule has 1 rings (SSSR count). The van der Waals surface area contributed by atoms with E-state index in [0.29, 0.717) is 18.1 Å². The van der Waals surface area contributed by atoms with Gasteiger partial charge in [-0.2, -0.15) is 0 Å². The van der Waals surface area contributed by atoms with Gasteiger partial charge in [0.15, 0.2) is 0 Å². The van der Waals surface area contributed by atoms with Crippen LogP contribution in [0.2, 0.25) is 0 Å². The summed E-state index contributed by atoms with van der Waals surface area (Å²) in [6, 6.07) is 0. The van der Waals surface area contributed by atoms with Gasteiger partial charge in [-0.1, -0.05) is 25.8 Å². The maximum absolute atomic E-state index is 11.7. The van der Waals surface area contributed by atoms with E-state index in [1.54, 1.807) is 0 Å². The molecule has 2 amide bonds. The van der Waals surface area contributed by atoms with Crippen molar-refractivity contribution in [3.8, 4) is 0 Å². The van der Waals surface area contributed by atoms with Crippen molar-refractivity contribution in [3.63, 3.8) is 0 Å². The van der Waals surface area contributed by atoms with Gasteiger partial charge in [0.25, 0.3) is 11.8 Å². The summed E-state index contributed by atoms with van der Waals surface area (Å²) in [6.45, 7) is 10.8. The van der Waals surface area contributed by atoms with Crippen LogP contribution in [0.5, 0.6) is 0 Å². The second-order valence-electron chi connectivity index (χ2n) is 7.19. The first kappa shape index (κ1) is 18.4. The van der Waals surface area contributed by atoms with Gasteiger partial charge in [0.1, 0.15) is 0 Å². The number of amides is 2. The number of ether oxygens (including phenoxy) is 1. The first-order valence-corrected chi connectivity index (χ1v) is 7.41. The number of imide groups is 1. The van der Waals surface area contributed by atoms with Gasteiger partial charge in [0, 0.05) is 18.8 Å². The topological polar surface area (TPSA) is 72.9 Å². The highest BCUT2D eigenvalue weighted by Crippen LogP contribution is 2.23. The molecule has 1 aliphatic heterocycles. The third kappa shape index (κ3) is 6.39. The third-order valence-electron chi connectivity index (χ3n) is 3.24. The quantitative estimate of drug-likeness (QED) is 0.675. The Morgan fingerprint density at radius 2 is 1.59 bits per heavy atom. The van der Waals surface area contributed by atoms with Gasteiger partial charge in [0.05, 0.1) is 12.0 Å². The maximum Gasteiger partial charge on any atom is 0.333 e. The van der Waals surface area contributed by atoms with Crippen LogP contribution >= 0.6 is 0 Å². The van der Waals surface area contributed by atoms with Crippen LogP contribution in [0.15, 0.2) is 12.2 Å². The molecule has 124 valence electrons. The minimum atomic E-state index is -0.640. The Bertz CT molecular complexity index is 455. The van der Waals surface area contributed by atoms with Gasteiger partial charge >= 0.3 is 5.97 Å². The monoisotopic (exact) mass is 311 g/mol. The molecule has 0 N–H and O–H groups in total. The lowest BCUT2D eigenvalue weighted by Crippen LogP contribution is -2.34. The second kappa shape index (κ2) is 7.05. The highest BCUT2D eigenvalue weighted by Gasteiger charge is 2.29. The summed E-state index contributed by atoms with van der Waals surface area (Å²) in [7, 11) is 0. The van der Waals surface area contributed by atoms with Gasteiger partial charge in [-0.15, -0.1) is 0 Å². The van der Waals surface area contributed by atoms with Crippen LogP contribution in [0, 0.1) is 5.41 Å². The first-order valence-electron chi connectivity index (χ1n) is 7.41. The molecule has 0 spiro atoms. The predicted octanol–water partition coefficient (Wildman–Crippen LogP) is 2.38. The van der Waals surface area contributed by atoms with Crippen molar-refractivity contribution < 1.29 is 24.0 Å². The zero-order valence-corrected chi connectivity index (χ0v) is 14.0. The fraction of sp³-hybridized carbons (Fsp3) is 0.688. The molecule has 0 aromatic carbocycles. The predicted molar refractivity (Wildman–Crippen MR) is 80.4 cm³/mol. The van der Waals surface area contributed by atoms with Crippen molar-refractivity contribution in [2.24, 2.45) is 5.41 Å². The maximum atomic E-state index is 11.7. The van der Waals surface area contributed by atoms with E-state index in [1.807, 2.05) is 13.8 Å². The molecule has 0 fully saturated rings. The summed E-state index contributed by atoms with van der Waals surface area (Å²) in [6.07, 6.45) is 3.56. The fourth-order valence-corrected chi connectivity index (χ4v) is 1.73. The van der Waals surface area contributed by atoms with E-state index in [4.69, 9.17) is 9.57 Å². The standard InChI is InChI=1S/C16H25NO5/c1-15(2,3)10-11-21-16(4,5)9-8-14(20)22-17-12(18)6-7-13(17)19/h6-7H,8-11H2,1-5H3. The lowest BCUT2D eigenvalue weighted by Gasteiger charge is -2.27. The Balaban J connectivity index is 2.33. The van der Waals surface area contributed by atoms with Crippen LogP contribution in [0.3, 0.4) is 0 Å². The average Bonchev–Trinajstić information content (AvgIpc) is 2.66. The van der Waals surface area contributed by atoms with Crippen molar-refractivity contribution in [1.29, 1.82) is 0 Å². The van der Waals surface area contributed by atoms with E-state index in [0.717, 1.165) is 18.6 Å². The number of rotatable bonds is 7. The van der Waals surface area contributed by atoms with Crippen molar-refractivity contribution in [3.05, 3.63) is 12.2 Å². The van der Waals surface area contributed by atoms with Gasteiger partial charge < -0.3 is 9.57 Å². The molecule has 0 saturated heterocycles. The summed E-state index contributed by atoms with van der Waals surface area (Å²) in [5.41, 5.74) is -0.278. The Hall–Kier alpha value is -1.69. The highest BCUT2D eigenvalue weighted by atomic mass is 16.7. The Labute approximate surface area is 131 Å². The molecule has 0 radical (unpaired) electrons. The zero-order valence-electron chi connectivity index (χ0n) is 14.0. The first-order chi connectivity index (χ1) is 10.0. The summed E-state index contributed by atoms with van der Waals surface area (Å²) in [4.78, 5) is 39.0. The van der Waals surface area contributed by atoms with Crippen molar-refractivity contribution >= 4 is 17.8 Å². The number of hydrogen-bond acceptors (Lipinski definition) is 5. The summed E-state index contributed by atoms with van der Waals surface area (Å²) >= 11 is 0. The Morgan fingerprint density at radius 1 is 1.05 bits per heavy atom. The van der Waals surface area contributed by atoms with E-state index in [-0.39, 0.29) is 11.8 Å². The van der Waals surface area contributed by atoms with Gasteiger partial charge in [-0.3, -0.25) is 9.59 Å². The average molecular weight is 311 g/mol. The molecule has 6 nitrogen and oxygen atoms in total. The van der Waals surface area contributed by atoms with Crippen LogP contribution < -0.4 is 0 Å². The normalized spacial score (nSPS) is 15.6. The lowest BCUT2D eigenvalue weighted by molar-refractivity contribution is -0.197. The van der Waals surface area contributed by atoms with E-state index in [1.165, 1.54) is 0 Å². The number of carbonyl (C=O) groups is 3. The van der Waals surface area contributed by atoms with Crippen molar-refractivity contribution in [1.82, 2.24) is 5.06 Å². The minimum absolute atomic E-state index is 0.0690. The van der Waals surface area contributed by atoms with Crippen LogP contribution in [0.1, 0.15) is 53.9 Å². The van der Waals surface area contributed by atoms with Gasteiger partial charge in [-0.05, 0) is 32.1 Å². The van der Waals surface area contributed by atoms with Crippen LogP contribution in [-0.4, -0.2) is 35.1 Å². The number of hydroxylamine groups is 2. The molecule has 0 atom stereocenters. The molecule has 22 heavy (non-hydrogen) atoms. The summed E-state index contributed by atoms with van der Waals surface area (Å²) in [5, 5.41) is 0.468. The number of hydrogen-bond donors (Lipinski definition) is 0. The van der Waals surface area contributed by atoms with Gasteiger partial charge in [-0.25, -0.2) is 4.79 Å². The molecule has 0 aliphatic carbocycles. The molecule has 1 aliphatic rings. The zero-order chi connectivity index (χ0) is 17.0. The smallest absolute Gasteiger partial charge is 0.333 e. The largest absolute Gasteiger partial charge is 0.376 e. The molecule has 0 saturated carbocycles. The van der Waals surface area contributed by atoms with Crippen LogP contribution in [0.4, 0.5) is 0 Å². The van der Waals surface area contributed by atoms with E-state index in [9.17, 15) is 14.4 Å². The number of nitrogens with zero attached hydrogens (tertiary/aromatic N) is 1. The van der Waals surface area contributed by atoms with Gasteiger partial charge in [0.2, 0.25) is 0 Å². The SMILES string of the molecule is CC(C)(C)CCOC(C)(C)CCC(=O)ON1C(=O)C=CC1=O. The van der Waals surface area contributed by atoms with Crippen molar-refractivity contribution in [2.75, 3.05) is 6.61 Å². The fourth-order valence-electron chi connectivity index (χ4n) is 1.73. The molecule has 6 heteroatoms. The Morgan fingerprint density at radius 3 is 2.09 bits per heavy atom. The summed E-state index contributed by atoms with van der Waals surface area (Å²) < 4.78 is 5.80. The third-order valence-corrected chi connectivity index (χ3v) is 3.24. The second-order valence-corrected chi connectivity index (χ2v) is 7.19. The molecular weight excluding hydrogens is 286 g/mol. The molecule has 0 aromatic rings. The molecular formula is C16H25NO5. The number of carbonyl (C=O) groups excluding carboxylic acids is 3. The van der Waals surface area contributed by atoms with E-state index in [2.05, 4.69) is 20.8 Å². The Kier molecular flexibility index (Phi) is 5.88. The summed E-state index contributed by atoms with van der Waals surface area (Å²) in [5.74, 6) is -1.91. The lowest BCUT2D eigenvalue weighted by atomic mass is 9.93. The molecule has 0 aromatic heterocycles. The van der Waals surface area contributed by atoms with E-state index >= 15 is 0 Å². The van der Waals surface area contributed by atoms with Crippen molar-refractivity contribution in [2.45, 2.75) is 59.5 Å². The molecule has 1 heterocycles. The van der Waals surface area contributed by atoms with Crippen LogP contribution in [-0.2, 0) is 24.0 Å². The highest BCUT2D eigenvalue weighted by molar-refractivity contribution is 6.12. The molecule has 0 unspecified atom stereocenters.